The van der Waals surface area contributed by atoms with Crippen molar-refractivity contribution in [2.45, 2.75) is 12.3 Å². The molecular weight excluding hydrogens is 312 g/mol. The average Bonchev–Trinajstić information content (AvgIpc) is 2.39. The zero-order valence-electron chi connectivity index (χ0n) is 10.2. The van der Waals surface area contributed by atoms with Gasteiger partial charge in [-0.1, -0.05) is 34.1 Å². The van der Waals surface area contributed by atoms with Crippen LogP contribution in [0.3, 0.4) is 0 Å². The van der Waals surface area contributed by atoms with Crippen molar-refractivity contribution in [1.82, 2.24) is 0 Å². The maximum Gasteiger partial charge on any atom is 0.124 e. The Hall–Kier alpha value is -1.26. The molecule has 1 unspecified atom stereocenters. The van der Waals surface area contributed by atoms with Gasteiger partial charge in [-0.25, -0.2) is 8.78 Å². The second-order valence-electron chi connectivity index (χ2n) is 4.42. The van der Waals surface area contributed by atoms with Crippen LogP contribution in [-0.2, 0) is 6.42 Å². The van der Waals surface area contributed by atoms with E-state index in [4.69, 9.17) is 5.73 Å². The summed E-state index contributed by atoms with van der Waals surface area (Å²) in [4.78, 5) is 0. The highest BCUT2D eigenvalue weighted by molar-refractivity contribution is 9.10. The Morgan fingerprint density at radius 1 is 1.00 bits per heavy atom. The van der Waals surface area contributed by atoms with Crippen LogP contribution in [0.5, 0.6) is 0 Å². The molecule has 2 rings (SSSR count). The van der Waals surface area contributed by atoms with Crippen LogP contribution < -0.4 is 5.73 Å². The van der Waals surface area contributed by atoms with Crippen molar-refractivity contribution in [2.24, 2.45) is 5.73 Å². The van der Waals surface area contributed by atoms with Gasteiger partial charge in [0.05, 0.1) is 0 Å². The average molecular weight is 326 g/mol. The smallest absolute Gasteiger partial charge is 0.124 e. The standard InChI is InChI=1S/C15H14BrF2N/c16-15-8-14(18)6-3-11(15)7-12(9-19)10-1-4-13(17)5-2-10/h1-6,8,12H,7,9,19H2. The normalized spacial score (nSPS) is 12.4. The Labute approximate surface area is 119 Å². The van der Waals surface area contributed by atoms with Crippen molar-refractivity contribution in [3.63, 3.8) is 0 Å². The van der Waals surface area contributed by atoms with Crippen LogP contribution >= 0.6 is 15.9 Å². The highest BCUT2D eigenvalue weighted by Crippen LogP contribution is 2.25. The molecule has 1 atom stereocenters. The van der Waals surface area contributed by atoms with Gasteiger partial charge in [-0.3, -0.25) is 0 Å². The van der Waals surface area contributed by atoms with Gasteiger partial charge >= 0.3 is 0 Å². The summed E-state index contributed by atoms with van der Waals surface area (Å²) in [6.07, 6.45) is 0.684. The predicted octanol–water partition coefficient (Wildman–Crippen LogP) is 4.01. The minimum absolute atomic E-state index is 0.0855. The molecule has 0 aliphatic heterocycles. The van der Waals surface area contributed by atoms with Gasteiger partial charge < -0.3 is 5.73 Å². The van der Waals surface area contributed by atoms with Crippen molar-refractivity contribution in [2.75, 3.05) is 6.54 Å². The second kappa shape index (κ2) is 6.26. The van der Waals surface area contributed by atoms with Crippen molar-refractivity contribution in [3.05, 3.63) is 69.7 Å². The summed E-state index contributed by atoms with van der Waals surface area (Å²) in [5, 5.41) is 0. The lowest BCUT2D eigenvalue weighted by atomic mass is 9.92. The van der Waals surface area contributed by atoms with Gasteiger partial charge in [-0.05, 0) is 48.4 Å². The molecule has 0 aliphatic rings. The molecule has 0 fully saturated rings. The van der Waals surface area contributed by atoms with E-state index in [2.05, 4.69) is 15.9 Å². The van der Waals surface area contributed by atoms with Crippen LogP contribution in [0.15, 0.2) is 46.9 Å². The minimum Gasteiger partial charge on any atom is -0.330 e. The minimum atomic E-state index is -0.276. The first kappa shape index (κ1) is 14.2. The van der Waals surface area contributed by atoms with E-state index < -0.39 is 0 Å². The van der Waals surface area contributed by atoms with Gasteiger partial charge in [0.15, 0.2) is 0 Å². The molecule has 0 radical (unpaired) electrons. The van der Waals surface area contributed by atoms with Gasteiger partial charge in [0.2, 0.25) is 0 Å². The molecule has 0 saturated carbocycles. The van der Waals surface area contributed by atoms with Gasteiger partial charge in [-0.15, -0.1) is 0 Å². The molecule has 2 aromatic carbocycles. The van der Waals surface area contributed by atoms with E-state index in [1.807, 2.05) is 0 Å². The monoisotopic (exact) mass is 325 g/mol. The maximum absolute atomic E-state index is 13.0. The number of rotatable bonds is 4. The van der Waals surface area contributed by atoms with E-state index in [-0.39, 0.29) is 17.6 Å². The molecule has 0 spiro atoms. The largest absolute Gasteiger partial charge is 0.330 e. The Kier molecular flexibility index (Phi) is 4.66. The second-order valence-corrected chi connectivity index (χ2v) is 5.28. The third-order valence-corrected chi connectivity index (χ3v) is 3.85. The van der Waals surface area contributed by atoms with Crippen LogP contribution in [0.4, 0.5) is 8.78 Å². The highest BCUT2D eigenvalue weighted by atomic mass is 79.9. The van der Waals surface area contributed by atoms with Crippen LogP contribution in [0.25, 0.3) is 0 Å². The van der Waals surface area contributed by atoms with Gasteiger partial charge in [0.1, 0.15) is 11.6 Å². The fourth-order valence-electron chi connectivity index (χ4n) is 2.02. The van der Waals surface area contributed by atoms with Crippen molar-refractivity contribution in [1.29, 1.82) is 0 Å². The molecule has 4 heteroatoms. The van der Waals surface area contributed by atoms with Crippen LogP contribution in [0, 0.1) is 11.6 Å². The van der Waals surface area contributed by atoms with Gasteiger partial charge in [-0.2, -0.15) is 0 Å². The summed E-state index contributed by atoms with van der Waals surface area (Å²) < 4.78 is 26.7. The van der Waals surface area contributed by atoms with Crippen molar-refractivity contribution in [3.8, 4) is 0 Å². The number of hydrogen-bond acceptors (Lipinski definition) is 1. The molecule has 0 heterocycles. The first-order valence-corrected chi connectivity index (χ1v) is 6.79. The zero-order valence-corrected chi connectivity index (χ0v) is 11.8. The lowest BCUT2D eigenvalue weighted by Crippen LogP contribution is -2.15. The highest BCUT2D eigenvalue weighted by Gasteiger charge is 2.13. The molecular formula is C15H14BrF2N. The molecule has 1 nitrogen and oxygen atoms in total. The topological polar surface area (TPSA) is 26.0 Å². The molecule has 100 valence electrons. The van der Waals surface area contributed by atoms with Gasteiger partial charge in [0.25, 0.3) is 0 Å². The quantitative estimate of drug-likeness (QED) is 0.903. The zero-order chi connectivity index (χ0) is 13.8. The summed E-state index contributed by atoms with van der Waals surface area (Å²) in [6, 6.07) is 10.9. The van der Waals surface area contributed by atoms with E-state index in [1.165, 1.54) is 24.3 Å². The SMILES string of the molecule is NCC(Cc1ccc(F)cc1Br)c1ccc(F)cc1. The lowest BCUT2D eigenvalue weighted by molar-refractivity contribution is 0.620. The molecule has 2 aromatic rings. The van der Waals surface area contributed by atoms with Gasteiger partial charge in [0, 0.05) is 10.4 Å². The number of nitrogens with two attached hydrogens (primary N) is 1. The maximum atomic E-state index is 13.0. The predicted molar refractivity (Wildman–Crippen MR) is 76.0 cm³/mol. The fourth-order valence-corrected chi connectivity index (χ4v) is 2.54. The summed E-state index contributed by atoms with van der Waals surface area (Å²) in [5.74, 6) is -0.452. The van der Waals surface area contributed by atoms with E-state index in [9.17, 15) is 8.78 Å². The lowest BCUT2D eigenvalue weighted by Gasteiger charge is -2.16. The number of halogens is 3. The number of benzene rings is 2. The Balaban J connectivity index is 2.21. The first-order chi connectivity index (χ1) is 9.10. The molecule has 2 N–H and O–H groups in total. The Morgan fingerprint density at radius 3 is 2.21 bits per heavy atom. The van der Waals surface area contributed by atoms with Crippen LogP contribution in [0.2, 0.25) is 0 Å². The molecule has 0 amide bonds. The summed E-state index contributed by atoms with van der Waals surface area (Å²) in [7, 11) is 0. The van der Waals surface area contributed by atoms with Crippen molar-refractivity contribution < 1.29 is 8.78 Å². The van der Waals surface area contributed by atoms with Crippen LogP contribution in [-0.4, -0.2) is 6.54 Å². The third kappa shape index (κ3) is 3.61. The number of hydrogen-bond donors (Lipinski definition) is 1. The fraction of sp³-hybridized carbons (Fsp3) is 0.200. The first-order valence-electron chi connectivity index (χ1n) is 5.99. The van der Waals surface area contributed by atoms with E-state index >= 15 is 0 Å². The van der Waals surface area contributed by atoms with E-state index in [1.54, 1.807) is 18.2 Å². The summed E-state index contributed by atoms with van der Waals surface area (Å²) >= 11 is 3.35. The van der Waals surface area contributed by atoms with Crippen LogP contribution in [0.1, 0.15) is 17.0 Å². The van der Waals surface area contributed by atoms with E-state index in [0.717, 1.165) is 15.6 Å². The Morgan fingerprint density at radius 2 is 1.63 bits per heavy atom. The summed E-state index contributed by atoms with van der Waals surface area (Å²) in [5.41, 5.74) is 7.76. The molecule has 0 aliphatic carbocycles. The Bertz CT molecular complexity index is 555. The molecule has 0 bridgehead atoms. The molecule has 0 aromatic heterocycles. The molecule has 0 saturated heterocycles. The summed E-state index contributed by atoms with van der Waals surface area (Å²) in [6.45, 7) is 0.454. The molecule has 19 heavy (non-hydrogen) atoms. The van der Waals surface area contributed by atoms with E-state index in [0.29, 0.717) is 13.0 Å². The third-order valence-electron chi connectivity index (χ3n) is 3.11. The van der Waals surface area contributed by atoms with Crippen molar-refractivity contribution >= 4 is 15.9 Å².